The molecule has 0 aliphatic carbocycles. The largest absolute Gasteiger partial charge is 0.496 e. The van der Waals surface area contributed by atoms with E-state index in [-0.39, 0.29) is 0 Å². The second kappa shape index (κ2) is 6.44. The van der Waals surface area contributed by atoms with Crippen molar-refractivity contribution in [1.82, 2.24) is 0 Å². The normalized spacial score (nSPS) is 10.6. The highest BCUT2D eigenvalue weighted by Gasteiger charge is 2.10. The molecule has 2 nitrogen and oxygen atoms in total. The molecule has 0 amide bonds. The smallest absolute Gasteiger partial charge is 0.122 e. The standard InChI is InChI=1S/C18H22O2S/c1-11-9-17(13(3)7-15(11)19-5)21-18-10-12(2)16(20-6)8-14(18)4/h7-10H,1-6H3. The molecule has 0 aliphatic rings. The van der Waals surface area contributed by atoms with E-state index in [0.29, 0.717) is 0 Å². The zero-order valence-electron chi connectivity index (χ0n) is 13.5. The summed E-state index contributed by atoms with van der Waals surface area (Å²) in [6, 6.07) is 8.59. The zero-order chi connectivity index (χ0) is 15.6. The summed E-state index contributed by atoms with van der Waals surface area (Å²) < 4.78 is 10.8. The molecule has 2 aromatic carbocycles. The first-order valence-electron chi connectivity index (χ1n) is 6.94. The summed E-state index contributed by atoms with van der Waals surface area (Å²) in [5.41, 5.74) is 4.78. The van der Waals surface area contributed by atoms with Gasteiger partial charge in [0, 0.05) is 9.79 Å². The van der Waals surface area contributed by atoms with Crippen LogP contribution in [0.1, 0.15) is 22.3 Å². The molecule has 21 heavy (non-hydrogen) atoms. The molecule has 2 aromatic rings. The number of rotatable bonds is 4. The van der Waals surface area contributed by atoms with Crippen LogP contribution in [0.5, 0.6) is 11.5 Å². The van der Waals surface area contributed by atoms with E-state index in [1.165, 1.54) is 20.9 Å². The molecule has 2 rings (SSSR count). The summed E-state index contributed by atoms with van der Waals surface area (Å²) in [6.07, 6.45) is 0. The Hall–Kier alpha value is -1.61. The Labute approximate surface area is 131 Å². The van der Waals surface area contributed by atoms with Crippen LogP contribution in [-0.4, -0.2) is 14.2 Å². The van der Waals surface area contributed by atoms with Gasteiger partial charge in [0.2, 0.25) is 0 Å². The van der Waals surface area contributed by atoms with Crippen molar-refractivity contribution in [2.75, 3.05) is 14.2 Å². The monoisotopic (exact) mass is 302 g/mol. The van der Waals surface area contributed by atoms with Crippen LogP contribution in [0.2, 0.25) is 0 Å². The van der Waals surface area contributed by atoms with Gasteiger partial charge in [-0.1, -0.05) is 11.8 Å². The van der Waals surface area contributed by atoms with Crippen molar-refractivity contribution in [2.24, 2.45) is 0 Å². The minimum absolute atomic E-state index is 0.944. The minimum atomic E-state index is 0.944. The molecule has 0 saturated heterocycles. The number of ether oxygens (including phenoxy) is 2. The Balaban J connectivity index is 2.39. The van der Waals surface area contributed by atoms with Crippen molar-refractivity contribution in [3.05, 3.63) is 46.5 Å². The second-order valence-electron chi connectivity index (χ2n) is 5.28. The first-order chi connectivity index (χ1) is 9.96. The molecule has 112 valence electrons. The first-order valence-corrected chi connectivity index (χ1v) is 7.76. The number of hydrogen-bond acceptors (Lipinski definition) is 3. The maximum absolute atomic E-state index is 5.38. The quantitative estimate of drug-likeness (QED) is 0.784. The minimum Gasteiger partial charge on any atom is -0.496 e. The average molecular weight is 302 g/mol. The SMILES string of the molecule is COc1cc(C)c(Sc2cc(C)c(OC)cc2C)cc1C. The first kappa shape index (κ1) is 15.8. The summed E-state index contributed by atoms with van der Waals surface area (Å²) in [7, 11) is 3.43. The average Bonchev–Trinajstić information content (AvgIpc) is 2.45. The third kappa shape index (κ3) is 3.35. The molecular weight excluding hydrogens is 280 g/mol. The van der Waals surface area contributed by atoms with Gasteiger partial charge in [-0.15, -0.1) is 0 Å². The molecule has 0 unspecified atom stereocenters. The van der Waals surface area contributed by atoms with Gasteiger partial charge in [0.15, 0.2) is 0 Å². The molecule has 0 spiro atoms. The highest BCUT2D eigenvalue weighted by molar-refractivity contribution is 7.99. The fourth-order valence-corrected chi connectivity index (χ4v) is 3.45. The van der Waals surface area contributed by atoms with Crippen molar-refractivity contribution in [3.8, 4) is 11.5 Å². The van der Waals surface area contributed by atoms with Gasteiger partial charge in [-0.25, -0.2) is 0 Å². The molecule has 3 heteroatoms. The Kier molecular flexibility index (Phi) is 4.84. The lowest BCUT2D eigenvalue weighted by Crippen LogP contribution is -1.92. The third-order valence-electron chi connectivity index (χ3n) is 3.60. The molecule has 0 atom stereocenters. The van der Waals surface area contributed by atoms with E-state index >= 15 is 0 Å². The predicted molar refractivity (Wildman–Crippen MR) is 89.1 cm³/mol. The highest BCUT2D eigenvalue weighted by atomic mass is 32.2. The van der Waals surface area contributed by atoms with Gasteiger partial charge in [-0.3, -0.25) is 0 Å². The van der Waals surface area contributed by atoms with Gasteiger partial charge < -0.3 is 9.47 Å². The van der Waals surface area contributed by atoms with Crippen LogP contribution >= 0.6 is 11.8 Å². The van der Waals surface area contributed by atoms with Gasteiger partial charge in [0.25, 0.3) is 0 Å². The van der Waals surface area contributed by atoms with Crippen LogP contribution in [0, 0.1) is 27.7 Å². The van der Waals surface area contributed by atoms with Crippen molar-refractivity contribution < 1.29 is 9.47 Å². The van der Waals surface area contributed by atoms with E-state index in [1.807, 2.05) is 0 Å². The predicted octanol–water partition coefficient (Wildman–Crippen LogP) is 5.09. The maximum Gasteiger partial charge on any atom is 0.122 e. The van der Waals surface area contributed by atoms with Crippen LogP contribution in [-0.2, 0) is 0 Å². The van der Waals surface area contributed by atoms with E-state index in [1.54, 1.807) is 26.0 Å². The zero-order valence-corrected chi connectivity index (χ0v) is 14.4. The molecule has 0 bridgehead atoms. The molecule has 0 saturated carbocycles. The lowest BCUT2D eigenvalue weighted by molar-refractivity contribution is 0.411. The van der Waals surface area contributed by atoms with Crippen molar-refractivity contribution in [2.45, 2.75) is 37.5 Å². The van der Waals surface area contributed by atoms with Gasteiger partial charge in [0.05, 0.1) is 14.2 Å². The Morgan fingerprint density at radius 2 is 1.00 bits per heavy atom. The third-order valence-corrected chi connectivity index (χ3v) is 4.92. The van der Waals surface area contributed by atoms with Gasteiger partial charge in [0.1, 0.15) is 11.5 Å². The summed E-state index contributed by atoms with van der Waals surface area (Å²) in [5, 5.41) is 0. The summed E-state index contributed by atoms with van der Waals surface area (Å²) in [6.45, 7) is 8.40. The van der Waals surface area contributed by atoms with E-state index in [2.05, 4.69) is 52.0 Å². The maximum atomic E-state index is 5.38. The van der Waals surface area contributed by atoms with Crippen LogP contribution in [0.15, 0.2) is 34.1 Å². The van der Waals surface area contributed by atoms with Crippen LogP contribution in [0.25, 0.3) is 0 Å². The molecule has 0 aromatic heterocycles. The number of benzene rings is 2. The van der Waals surface area contributed by atoms with Crippen molar-refractivity contribution in [3.63, 3.8) is 0 Å². The van der Waals surface area contributed by atoms with Crippen molar-refractivity contribution >= 4 is 11.8 Å². The van der Waals surface area contributed by atoms with E-state index in [9.17, 15) is 0 Å². The van der Waals surface area contributed by atoms with E-state index in [0.717, 1.165) is 22.6 Å². The molecule has 0 fully saturated rings. The fraction of sp³-hybridized carbons (Fsp3) is 0.333. The second-order valence-corrected chi connectivity index (χ2v) is 6.36. The fourth-order valence-electron chi connectivity index (χ4n) is 2.30. The molecule has 0 heterocycles. The highest BCUT2D eigenvalue weighted by Crippen LogP contribution is 2.37. The Morgan fingerprint density at radius 1 is 0.619 bits per heavy atom. The van der Waals surface area contributed by atoms with Gasteiger partial charge >= 0.3 is 0 Å². The van der Waals surface area contributed by atoms with Crippen LogP contribution < -0.4 is 9.47 Å². The lowest BCUT2D eigenvalue weighted by atomic mass is 10.1. The van der Waals surface area contributed by atoms with Crippen LogP contribution in [0.3, 0.4) is 0 Å². The van der Waals surface area contributed by atoms with Crippen molar-refractivity contribution in [1.29, 1.82) is 0 Å². The number of aryl methyl sites for hydroxylation is 4. The van der Waals surface area contributed by atoms with Gasteiger partial charge in [-0.2, -0.15) is 0 Å². The molecule has 0 radical (unpaired) electrons. The molecule has 0 N–H and O–H groups in total. The van der Waals surface area contributed by atoms with E-state index < -0.39 is 0 Å². The summed E-state index contributed by atoms with van der Waals surface area (Å²) >= 11 is 1.80. The molecular formula is C18H22O2S. The Morgan fingerprint density at radius 3 is 1.33 bits per heavy atom. The Bertz CT molecular complexity index is 605. The number of hydrogen-bond donors (Lipinski definition) is 0. The molecule has 0 aliphatic heterocycles. The summed E-state index contributed by atoms with van der Waals surface area (Å²) in [4.78, 5) is 2.53. The van der Waals surface area contributed by atoms with Gasteiger partial charge in [-0.05, 0) is 74.2 Å². The van der Waals surface area contributed by atoms with Crippen LogP contribution in [0.4, 0.5) is 0 Å². The number of methoxy groups -OCH3 is 2. The topological polar surface area (TPSA) is 18.5 Å². The summed E-state index contributed by atoms with van der Waals surface area (Å²) in [5.74, 6) is 1.89. The van der Waals surface area contributed by atoms with E-state index in [4.69, 9.17) is 9.47 Å². The lowest BCUT2D eigenvalue weighted by Gasteiger charge is -2.14.